The normalized spacial score (nSPS) is 10.1. The SMILES string of the molecule is Cc1ccccc1Nc1n[nH]c(=S)cc1C(=O)O. The van der Waals surface area contributed by atoms with E-state index in [1.807, 2.05) is 31.2 Å². The molecule has 6 heteroatoms. The fraction of sp³-hybridized carbons (Fsp3) is 0.0833. The van der Waals surface area contributed by atoms with Crippen molar-refractivity contribution in [1.82, 2.24) is 10.2 Å². The summed E-state index contributed by atoms with van der Waals surface area (Å²) in [4.78, 5) is 11.1. The molecule has 1 heterocycles. The van der Waals surface area contributed by atoms with E-state index in [-0.39, 0.29) is 16.0 Å². The number of para-hydroxylation sites is 1. The average molecular weight is 261 g/mol. The topological polar surface area (TPSA) is 78.0 Å². The van der Waals surface area contributed by atoms with Gasteiger partial charge in [0.1, 0.15) is 10.2 Å². The predicted octanol–water partition coefficient (Wildman–Crippen LogP) is 2.89. The number of benzene rings is 1. The third kappa shape index (κ3) is 2.54. The number of aromatic amines is 1. The smallest absolute Gasteiger partial charge is 0.339 e. The van der Waals surface area contributed by atoms with Gasteiger partial charge < -0.3 is 10.4 Å². The molecule has 0 aliphatic carbocycles. The number of carboxylic acids is 1. The summed E-state index contributed by atoms with van der Waals surface area (Å²) < 4.78 is 0.280. The van der Waals surface area contributed by atoms with Crippen molar-refractivity contribution < 1.29 is 9.90 Å². The quantitative estimate of drug-likeness (QED) is 0.740. The molecule has 1 aromatic carbocycles. The van der Waals surface area contributed by atoms with Crippen LogP contribution in [0.3, 0.4) is 0 Å². The summed E-state index contributed by atoms with van der Waals surface area (Å²) in [6, 6.07) is 8.91. The van der Waals surface area contributed by atoms with Gasteiger partial charge in [-0.3, -0.25) is 5.10 Å². The van der Waals surface area contributed by atoms with E-state index in [4.69, 9.17) is 17.3 Å². The third-order valence-electron chi connectivity index (χ3n) is 2.44. The molecule has 18 heavy (non-hydrogen) atoms. The van der Waals surface area contributed by atoms with Crippen LogP contribution in [0.4, 0.5) is 11.5 Å². The first-order valence-electron chi connectivity index (χ1n) is 5.23. The van der Waals surface area contributed by atoms with Gasteiger partial charge in [0.15, 0.2) is 5.82 Å². The summed E-state index contributed by atoms with van der Waals surface area (Å²) in [5.41, 5.74) is 1.85. The van der Waals surface area contributed by atoms with Gasteiger partial charge in [-0.2, -0.15) is 5.10 Å². The Morgan fingerprint density at radius 1 is 1.44 bits per heavy atom. The Morgan fingerprint density at radius 3 is 2.83 bits per heavy atom. The van der Waals surface area contributed by atoms with E-state index < -0.39 is 5.97 Å². The summed E-state index contributed by atoms with van der Waals surface area (Å²) in [5, 5.41) is 18.6. The molecular formula is C12H11N3O2S. The number of H-pyrrole nitrogens is 1. The van der Waals surface area contributed by atoms with Gasteiger partial charge >= 0.3 is 5.97 Å². The number of nitrogens with zero attached hydrogens (tertiary/aromatic N) is 1. The Hall–Kier alpha value is -2.21. The van der Waals surface area contributed by atoms with Crippen molar-refractivity contribution >= 4 is 29.7 Å². The fourth-order valence-corrected chi connectivity index (χ4v) is 1.67. The van der Waals surface area contributed by atoms with Crippen molar-refractivity contribution in [2.75, 3.05) is 5.32 Å². The van der Waals surface area contributed by atoms with E-state index in [2.05, 4.69) is 15.5 Å². The summed E-state index contributed by atoms with van der Waals surface area (Å²) in [5.74, 6) is -0.830. The second-order valence-electron chi connectivity index (χ2n) is 3.74. The van der Waals surface area contributed by atoms with Crippen LogP contribution in [0.25, 0.3) is 0 Å². The fourth-order valence-electron chi connectivity index (χ4n) is 1.50. The Morgan fingerprint density at radius 2 is 2.17 bits per heavy atom. The number of anilines is 2. The molecule has 0 aliphatic heterocycles. The highest BCUT2D eigenvalue weighted by atomic mass is 32.1. The van der Waals surface area contributed by atoms with Gasteiger partial charge in [-0.25, -0.2) is 4.79 Å². The molecule has 0 fully saturated rings. The van der Waals surface area contributed by atoms with Gasteiger partial charge in [-0.05, 0) is 24.6 Å². The molecule has 2 aromatic rings. The maximum absolute atomic E-state index is 11.1. The van der Waals surface area contributed by atoms with E-state index in [9.17, 15) is 4.79 Å². The van der Waals surface area contributed by atoms with Crippen molar-refractivity contribution in [2.24, 2.45) is 0 Å². The maximum atomic E-state index is 11.1. The van der Waals surface area contributed by atoms with Crippen LogP contribution in [0.5, 0.6) is 0 Å². The summed E-state index contributed by atoms with van der Waals surface area (Å²) >= 11 is 4.86. The van der Waals surface area contributed by atoms with E-state index >= 15 is 0 Å². The molecule has 0 atom stereocenters. The third-order valence-corrected chi connectivity index (χ3v) is 2.65. The number of carboxylic acid groups (broad SMARTS) is 1. The number of aryl methyl sites for hydroxylation is 1. The molecule has 0 saturated carbocycles. The number of nitrogens with one attached hydrogen (secondary N) is 2. The molecule has 0 radical (unpaired) electrons. The van der Waals surface area contributed by atoms with Gasteiger partial charge in [-0.1, -0.05) is 30.4 Å². The van der Waals surface area contributed by atoms with Gasteiger partial charge in [0.2, 0.25) is 0 Å². The molecule has 0 bridgehead atoms. The molecule has 3 N–H and O–H groups in total. The van der Waals surface area contributed by atoms with Crippen LogP contribution in [0.2, 0.25) is 0 Å². The van der Waals surface area contributed by atoms with Crippen molar-refractivity contribution in [2.45, 2.75) is 6.92 Å². The van der Waals surface area contributed by atoms with Gasteiger partial charge in [0, 0.05) is 5.69 Å². The number of aromatic carboxylic acids is 1. The first kappa shape index (κ1) is 12.3. The summed E-state index contributed by atoms with van der Waals surface area (Å²) in [6.07, 6.45) is 0. The first-order valence-corrected chi connectivity index (χ1v) is 5.64. The van der Waals surface area contributed by atoms with Crippen LogP contribution in [0.15, 0.2) is 30.3 Å². The van der Waals surface area contributed by atoms with Crippen molar-refractivity contribution in [3.05, 3.63) is 46.1 Å². The Labute approximate surface area is 108 Å². The second kappa shape index (κ2) is 4.97. The zero-order valence-electron chi connectivity index (χ0n) is 9.60. The second-order valence-corrected chi connectivity index (χ2v) is 4.18. The first-order chi connectivity index (χ1) is 8.58. The standard InChI is InChI=1S/C12H11N3O2S/c1-7-4-2-3-5-9(7)13-11-8(12(16)17)6-10(18)14-15-11/h2-6H,1H3,(H,13,15)(H,14,18)(H,16,17). The minimum atomic E-state index is -1.07. The predicted molar refractivity (Wildman–Crippen MR) is 70.8 cm³/mol. The van der Waals surface area contributed by atoms with Crippen LogP contribution in [0, 0.1) is 11.6 Å². The lowest BCUT2D eigenvalue weighted by Crippen LogP contribution is -2.06. The number of aromatic nitrogens is 2. The molecule has 0 aliphatic rings. The van der Waals surface area contributed by atoms with Gasteiger partial charge in [0.05, 0.1) is 0 Å². The molecular weight excluding hydrogens is 250 g/mol. The zero-order valence-corrected chi connectivity index (χ0v) is 10.4. The monoisotopic (exact) mass is 261 g/mol. The van der Waals surface area contributed by atoms with Crippen LogP contribution < -0.4 is 5.32 Å². The Balaban J connectivity index is 2.44. The van der Waals surface area contributed by atoms with Crippen molar-refractivity contribution in [3.63, 3.8) is 0 Å². The van der Waals surface area contributed by atoms with Gasteiger partial charge in [0.25, 0.3) is 0 Å². The molecule has 2 rings (SSSR count). The van der Waals surface area contributed by atoms with Crippen LogP contribution >= 0.6 is 12.2 Å². The number of hydrogen-bond donors (Lipinski definition) is 3. The van der Waals surface area contributed by atoms with E-state index in [0.29, 0.717) is 0 Å². The highest BCUT2D eigenvalue weighted by molar-refractivity contribution is 7.71. The molecule has 0 saturated heterocycles. The molecule has 92 valence electrons. The van der Waals surface area contributed by atoms with E-state index in [1.165, 1.54) is 6.07 Å². The van der Waals surface area contributed by atoms with E-state index in [0.717, 1.165) is 11.3 Å². The number of carbonyl (C=O) groups is 1. The zero-order chi connectivity index (χ0) is 13.1. The number of rotatable bonds is 3. The van der Waals surface area contributed by atoms with Crippen LogP contribution in [-0.4, -0.2) is 21.3 Å². The minimum Gasteiger partial charge on any atom is -0.478 e. The van der Waals surface area contributed by atoms with Crippen LogP contribution in [0.1, 0.15) is 15.9 Å². The summed E-state index contributed by atoms with van der Waals surface area (Å²) in [6.45, 7) is 1.92. The molecule has 5 nitrogen and oxygen atoms in total. The van der Waals surface area contributed by atoms with Gasteiger partial charge in [-0.15, -0.1) is 0 Å². The average Bonchev–Trinajstić information content (AvgIpc) is 2.34. The minimum absolute atomic E-state index is 0.0435. The molecule has 1 aromatic heterocycles. The van der Waals surface area contributed by atoms with Crippen LogP contribution in [-0.2, 0) is 0 Å². The lowest BCUT2D eigenvalue weighted by atomic mass is 10.2. The molecule has 0 unspecified atom stereocenters. The summed E-state index contributed by atoms with van der Waals surface area (Å²) in [7, 11) is 0. The highest BCUT2D eigenvalue weighted by Gasteiger charge is 2.12. The number of hydrogen-bond acceptors (Lipinski definition) is 4. The lowest BCUT2D eigenvalue weighted by Gasteiger charge is -2.10. The Bertz CT molecular complexity index is 652. The molecule has 0 spiro atoms. The van der Waals surface area contributed by atoms with E-state index in [1.54, 1.807) is 0 Å². The van der Waals surface area contributed by atoms with Crippen molar-refractivity contribution in [1.29, 1.82) is 0 Å². The Kier molecular flexibility index (Phi) is 3.38. The van der Waals surface area contributed by atoms with Crippen molar-refractivity contribution in [3.8, 4) is 0 Å². The lowest BCUT2D eigenvalue weighted by molar-refractivity contribution is 0.0697. The molecule has 0 amide bonds. The highest BCUT2D eigenvalue weighted by Crippen LogP contribution is 2.20. The maximum Gasteiger partial charge on any atom is 0.339 e. The largest absolute Gasteiger partial charge is 0.478 e.